The lowest BCUT2D eigenvalue weighted by atomic mass is 9.87. The smallest absolute Gasteiger partial charge is 0.274 e. The highest BCUT2D eigenvalue weighted by atomic mass is 16.5. The van der Waals surface area contributed by atoms with Gasteiger partial charge in [0.25, 0.3) is 5.91 Å². The SMILES string of the molecule is N#Cc1cnn2cc(OCCN3CC4C(O)C4C3)cc(-c3ccc(N4CC5CC(C4)N5C(=O)c4cnccn4)nc3)c12. The fraction of sp³-hybridized carbons (Fsp3) is 0.400. The summed E-state index contributed by atoms with van der Waals surface area (Å²) in [6.07, 6.45) is 10.7. The normalized spacial score (nSPS) is 26.0. The van der Waals surface area contributed by atoms with Gasteiger partial charge in [-0.2, -0.15) is 10.4 Å². The van der Waals surface area contributed by atoms with E-state index in [4.69, 9.17) is 9.72 Å². The molecular formula is C30H29N9O3. The number of likely N-dealkylation sites (tertiary alicyclic amines) is 1. The van der Waals surface area contributed by atoms with Crippen molar-refractivity contribution in [2.75, 3.05) is 44.2 Å². The van der Waals surface area contributed by atoms with E-state index >= 15 is 0 Å². The van der Waals surface area contributed by atoms with E-state index in [9.17, 15) is 15.2 Å². The Bertz CT molecular complexity index is 1680. The number of anilines is 1. The summed E-state index contributed by atoms with van der Waals surface area (Å²) in [5.74, 6) is 2.31. The van der Waals surface area contributed by atoms with Crippen LogP contribution in [-0.4, -0.2) is 103 Å². The number of nitrogens with zero attached hydrogens (tertiary/aromatic N) is 9. The number of hydrogen-bond acceptors (Lipinski definition) is 10. The van der Waals surface area contributed by atoms with Crippen molar-refractivity contribution in [2.24, 2.45) is 11.8 Å². The van der Waals surface area contributed by atoms with Crippen molar-refractivity contribution >= 4 is 17.2 Å². The van der Waals surface area contributed by atoms with Crippen LogP contribution in [0.2, 0.25) is 0 Å². The van der Waals surface area contributed by atoms with Crippen LogP contribution in [0.3, 0.4) is 0 Å². The molecule has 4 atom stereocenters. The van der Waals surface area contributed by atoms with Crippen molar-refractivity contribution in [3.8, 4) is 22.9 Å². The third-order valence-corrected chi connectivity index (χ3v) is 9.20. The van der Waals surface area contributed by atoms with Crippen LogP contribution in [0.25, 0.3) is 16.6 Å². The number of aliphatic hydroxyl groups is 1. The fourth-order valence-corrected chi connectivity index (χ4v) is 6.94. The zero-order valence-corrected chi connectivity index (χ0v) is 22.8. The van der Waals surface area contributed by atoms with Gasteiger partial charge in [-0.05, 0) is 24.6 Å². The fourth-order valence-electron chi connectivity index (χ4n) is 6.94. The van der Waals surface area contributed by atoms with Crippen molar-refractivity contribution in [2.45, 2.75) is 24.6 Å². The van der Waals surface area contributed by atoms with Gasteiger partial charge in [0, 0.05) is 74.3 Å². The molecule has 12 heteroatoms. The molecule has 1 saturated carbocycles. The Labute approximate surface area is 241 Å². The molecule has 1 aliphatic carbocycles. The Morgan fingerprint density at radius 1 is 1.07 bits per heavy atom. The number of hydrogen-bond donors (Lipinski definition) is 1. The summed E-state index contributed by atoms with van der Waals surface area (Å²) in [6, 6.07) is 8.45. The monoisotopic (exact) mass is 563 g/mol. The average Bonchev–Trinajstić information content (AvgIpc) is 3.36. The number of ether oxygens (including phenoxy) is 1. The van der Waals surface area contributed by atoms with Crippen molar-refractivity contribution in [3.05, 3.63) is 66.6 Å². The molecule has 4 saturated heterocycles. The Kier molecular flexibility index (Phi) is 5.84. The molecule has 0 aromatic carbocycles. The molecule has 4 aromatic rings. The summed E-state index contributed by atoms with van der Waals surface area (Å²) >= 11 is 0. The molecule has 9 rings (SSSR count). The average molecular weight is 564 g/mol. The van der Waals surface area contributed by atoms with Crippen LogP contribution in [0, 0.1) is 23.2 Å². The molecular weight excluding hydrogens is 534 g/mol. The van der Waals surface area contributed by atoms with Gasteiger partial charge in [0.05, 0.1) is 47.9 Å². The maximum Gasteiger partial charge on any atom is 0.274 e. The van der Waals surface area contributed by atoms with Gasteiger partial charge < -0.3 is 19.6 Å². The highest BCUT2D eigenvalue weighted by Crippen LogP contribution is 2.45. The number of pyridine rings is 2. The van der Waals surface area contributed by atoms with Crippen molar-refractivity contribution in [1.29, 1.82) is 5.26 Å². The Hall–Kier alpha value is -4.60. The first-order valence-corrected chi connectivity index (χ1v) is 14.3. The second-order valence-electron chi connectivity index (χ2n) is 11.6. The van der Waals surface area contributed by atoms with Crippen LogP contribution in [0.5, 0.6) is 5.75 Å². The number of amides is 1. The van der Waals surface area contributed by atoms with E-state index in [1.54, 1.807) is 29.3 Å². The molecule has 12 nitrogen and oxygen atoms in total. The number of carbonyl (C=O) groups is 1. The summed E-state index contributed by atoms with van der Waals surface area (Å²) in [6.45, 7) is 4.60. The standard InChI is InChI=1S/C30H29N9O3/c31-9-19-11-35-38-15-22(42-6-5-36-16-24-25(17-36)29(24)40)8-23(28(19)38)18-1-2-27(34-10-18)37-13-20-7-21(14-37)39(20)30(41)26-12-32-3-4-33-26/h1-4,8,10-12,15,20-21,24-25,29,40H,5-7,13-14,16-17H2. The second kappa shape index (κ2) is 9.75. The van der Waals surface area contributed by atoms with Gasteiger partial charge in [0.2, 0.25) is 0 Å². The van der Waals surface area contributed by atoms with E-state index in [2.05, 4.69) is 30.9 Å². The number of rotatable bonds is 7. The van der Waals surface area contributed by atoms with Gasteiger partial charge in [-0.15, -0.1) is 0 Å². The van der Waals surface area contributed by atoms with Crippen LogP contribution in [0.4, 0.5) is 5.82 Å². The minimum Gasteiger partial charge on any atom is -0.491 e. The maximum absolute atomic E-state index is 12.9. The third kappa shape index (κ3) is 4.16. The predicted molar refractivity (Wildman–Crippen MR) is 151 cm³/mol. The molecule has 212 valence electrons. The van der Waals surface area contributed by atoms with Crippen LogP contribution >= 0.6 is 0 Å². The van der Waals surface area contributed by atoms with Crippen LogP contribution in [-0.2, 0) is 0 Å². The summed E-state index contributed by atoms with van der Waals surface area (Å²) in [4.78, 5) is 32.4. The number of aromatic nitrogens is 5. The highest BCUT2D eigenvalue weighted by Gasteiger charge is 2.54. The molecule has 8 heterocycles. The van der Waals surface area contributed by atoms with Gasteiger partial charge in [-0.3, -0.25) is 14.7 Å². The third-order valence-electron chi connectivity index (χ3n) is 9.20. The van der Waals surface area contributed by atoms with Gasteiger partial charge in [0.15, 0.2) is 0 Å². The topological polar surface area (TPSA) is 136 Å². The highest BCUT2D eigenvalue weighted by molar-refractivity contribution is 5.93. The van der Waals surface area contributed by atoms with E-state index in [1.165, 1.54) is 6.20 Å². The first-order valence-electron chi connectivity index (χ1n) is 14.3. The molecule has 1 amide bonds. The number of aliphatic hydroxyl groups excluding tert-OH is 1. The zero-order valence-electron chi connectivity index (χ0n) is 22.8. The summed E-state index contributed by atoms with van der Waals surface area (Å²) < 4.78 is 7.83. The van der Waals surface area contributed by atoms with Gasteiger partial charge >= 0.3 is 0 Å². The minimum atomic E-state index is -0.115. The molecule has 2 bridgehead atoms. The lowest BCUT2D eigenvalue weighted by Crippen LogP contribution is -2.70. The lowest BCUT2D eigenvalue weighted by molar-refractivity contribution is 0.00520. The first-order chi connectivity index (χ1) is 20.6. The molecule has 4 unspecified atom stereocenters. The van der Waals surface area contributed by atoms with E-state index in [0.717, 1.165) is 43.0 Å². The molecule has 4 aliphatic heterocycles. The molecule has 0 radical (unpaired) electrons. The largest absolute Gasteiger partial charge is 0.491 e. The molecule has 42 heavy (non-hydrogen) atoms. The Morgan fingerprint density at radius 2 is 1.90 bits per heavy atom. The van der Waals surface area contributed by atoms with Gasteiger partial charge in [-0.25, -0.2) is 14.5 Å². The quantitative estimate of drug-likeness (QED) is 0.352. The molecule has 1 N–H and O–H groups in total. The number of carbonyl (C=O) groups excluding carboxylic acids is 1. The van der Waals surface area contributed by atoms with E-state index in [-0.39, 0.29) is 24.1 Å². The predicted octanol–water partition coefficient (Wildman–Crippen LogP) is 1.46. The molecule has 4 aromatic heterocycles. The zero-order chi connectivity index (χ0) is 28.4. The molecule has 0 spiro atoms. The van der Waals surface area contributed by atoms with E-state index in [1.807, 2.05) is 29.3 Å². The minimum absolute atomic E-state index is 0.0663. The van der Waals surface area contributed by atoms with Crippen molar-refractivity contribution < 1.29 is 14.6 Å². The van der Waals surface area contributed by atoms with Crippen LogP contribution < -0.4 is 9.64 Å². The van der Waals surface area contributed by atoms with Crippen molar-refractivity contribution in [1.82, 2.24) is 34.4 Å². The number of piperidine rings is 2. The van der Waals surface area contributed by atoms with Crippen LogP contribution in [0.15, 0.2) is 55.4 Å². The summed E-state index contributed by atoms with van der Waals surface area (Å²) in [7, 11) is 0. The summed E-state index contributed by atoms with van der Waals surface area (Å²) in [5, 5.41) is 23.9. The van der Waals surface area contributed by atoms with Crippen LogP contribution in [0.1, 0.15) is 22.5 Å². The van der Waals surface area contributed by atoms with E-state index < -0.39 is 0 Å². The summed E-state index contributed by atoms with van der Waals surface area (Å²) in [5.41, 5.74) is 3.27. The van der Waals surface area contributed by atoms with Gasteiger partial charge in [0.1, 0.15) is 29.9 Å². The Balaban J connectivity index is 0.980. The van der Waals surface area contributed by atoms with E-state index in [0.29, 0.717) is 54.1 Å². The van der Waals surface area contributed by atoms with Gasteiger partial charge in [-0.1, -0.05) is 0 Å². The number of piperazine rings is 1. The first kappa shape index (κ1) is 25.1. The molecule has 5 fully saturated rings. The maximum atomic E-state index is 12.9. The number of fused-ring (bicyclic) bond motifs is 4. The number of nitriles is 1. The molecule has 5 aliphatic rings. The lowest BCUT2D eigenvalue weighted by Gasteiger charge is -2.56. The Morgan fingerprint density at radius 3 is 2.62 bits per heavy atom. The van der Waals surface area contributed by atoms with Crippen molar-refractivity contribution in [3.63, 3.8) is 0 Å². The second-order valence-corrected chi connectivity index (χ2v) is 11.6.